The summed E-state index contributed by atoms with van der Waals surface area (Å²) in [6.07, 6.45) is 0.222. The first-order valence-electron chi connectivity index (χ1n) is 5.43. The summed E-state index contributed by atoms with van der Waals surface area (Å²) < 4.78 is 42.0. The van der Waals surface area contributed by atoms with Crippen molar-refractivity contribution >= 4 is 17.5 Å². The molecule has 0 radical (unpaired) electrons. The predicted octanol–water partition coefficient (Wildman–Crippen LogP) is 4.29. The fourth-order valence-corrected chi connectivity index (χ4v) is 1.98. The molecule has 0 fully saturated rings. The second-order valence-electron chi connectivity index (χ2n) is 3.42. The number of carbonyl (C=O) groups excluding carboxylic acids is 1. The Morgan fingerprint density at radius 1 is 1.33 bits per heavy atom. The maximum Gasteiger partial charge on any atom is 0.446 e. The van der Waals surface area contributed by atoms with E-state index < -0.39 is 5.51 Å². The molecule has 0 unspecified atom stereocenters. The molecule has 0 N–H and O–H groups in total. The summed E-state index contributed by atoms with van der Waals surface area (Å²) in [7, 11) is 0. The van der Waals surface area contributed by atoms with Gasteiger partial charge in [0.2, 0.25) is 0 Å². The molecule has 0 heterocycles. The Bertz CT molecular complexity index is 430. The second kappa shape index (κ2) is 6.13. The van der Waals surface area contributed by atoms with Gasteiger partial charge in [-0.05, 0) is 36.9 Å². The van der Waals surface area contributed by atoms with Gasteiger partial charge in [0.15, 0.2) is 5.78 Å². The lowest BCUT2D eigenvalue weighted by molar-refractivity contribution is -0.0328. The first kappa shape index (κ1) is 14.9. The zero-order valence-corrected chi connectivity index (χ0v) is 10.8. The van der Waals surface area contributed by atoms with Crippen molar-refractivity contribution in [2.45, 2.75) is 30.7 Å². The van der Waals surface area contributed by atoms with Crippen LogP contribution in [0.15, 0.2) is 23.1 Å². The number of halogens is 3. The number of hydrogen-bond acceptors (Lipinski definition) is 3. The maximum absolute atomic E-state index is 12.3. The maximum atomic E-state index is 12.3. The number of carbonyl (C=O) groups is 1. The molecule has 0 aliphatic heterocycles. The van der Waals surface area contributed by atoms with Gasteiger partial charge in [0.1, 0.15) is 5.75 Å². The summed E-state index contributed by atoms with van der Waals surface area (Å²) in [5.41, 5.74) is -4.16. The third kappa shape index (κ3) is 4.25. The van der Waals surface area contributed by atoms with E-state index in [9.17, 15) is 18.0 Å². The van der Waals surface area contributed by atoms with Crippen molar-refractivity contribution in [1.29, 1.82) is 0 Å². The average Bonchev–Trinajstić information content (AvgIpc) is 2.28. The Hall–Kier alpha value is -1.17. The first-order chi connectivity index (χ1) is 8.37. The number of hydrogen-bond donors (Lipinski definition) is 0. The lowest BCUT2D eigenvalue weighted by Crippen LogP contribution is -2.04. The molecule has 18 heavy (non-hydrogen) atoms. The van der Waals surface area contributed by atoms with Crippen LogP contribution in [0.25, 0.3) is 0 Å². The normalized spacial score (nSPS) is 11.4. The molecule has 0 amide bonds. The van der Waals surface area contributed by atoms with Crippen LogP contribution in [-0.4, -0.2) is 17.9 Å². The lowest BCUT2D eigenvalue weighted by Gasteiger charge is -2.11. The number of thioether (sulfide) groups is 1. The summed E-state index contributed by atoms with van der Waals surface area (Å²) in [5.74, 6) is 0.0962. The molecular weight excluding hydrogens is 265 g/mol. The van der Waals surface area contributed by atoms with Gasteiger partial charge in [-0.2, -0.15) is 13.2 Å². The van der Waals surface area contributed by atoms with E-state index in [1.54, 1.807) is 13.8 Å². The molecule has 100 valence electrons. The average molecular weight is 278 g/mol. The number of ether oxygens (including phenoxy) is 1. The lowest BCUT2D eigenvalue weighted by atomic mass is 10.1. The number of Topliss-reactive ketones (excluding diaryl/α,β-unsaturated/α-hetero) is 1. The molecule has 0 saturated carbocycles. The highest BCUT2D eigenvalue weighted by Crippen LogP contribution is 2.38. The number of alkyl halides is 3. The summed E-state index contributed by atoms with van der Waals surface area (Å²) in [6, 6.07) is 3.94. The molecule has 1 rings (SSSR count). The standard InChI is InChI=1S/C12H13F3O2S/c1-3-10(16)9-7-8(18-12(13,14)15)5-6-11(9)17-4-2/h5-7H,3-4H2,1-2H3. The van der Waals surface area contributed by atoms with Crippen LogP contribution in [0.3, 0.4) is 0 Å². The third-order valence-electron chi connectivity index (χ3n) is 2.11. The van der Waals surface area contributed by atoms with Crippen LogP contribution in [0.5, 0.6) is 5.75 Å². The van der Waals surface area contributed by atoms with Gasteiger partial charge >= 0.3 is 5.51 Å². The highest BCUT2D eigenvalue weighted by molar-refractivity contribution is 8.00. The van der Waals surface area contributed by atoms with Crippen molar-refractivity contribution in [3.8, 4) is 5.75 Å². The number of benzene rings is 1. The summed E-state index contributed by atoms with van der Waals surface area (Å²) >= 11 is -0.238. The van der Waals surface area contributed by atoms with Crippen molar-refractivity contribution in [3.63, 3.8) is 0 Å². The summed E-state index contributed by atoms with van der Waals surface area (Å²) in [6.45, 7) is 3.76. The fourth-order valence-electron chi connectivity index (χ4n) is 1.40. The van der Waals surface area contributed by atoms with Crippen molar-refractivity contribution in [2.24, 2.45) is 0 Å². The van der Waals surface area contributed by atoms with Gasteiger partial charge in [-0.15, -0.1) is 0 Å². The van der Waals surface area contributed by atoms with Crippen LogP contribution in [0.1, 0.15) is 30.6 Å². The quantitative estimate of drug-likeness (QED) is 0.593. The molecule has 1 aromatic carbocycles. The molecule has 0 aliphatic carbocycles. The summed E-state index contributed by atoms with van der Waals surface area (Å²) in [4.78, 5) is 11.6. The van der Waals surface area contributed by atoms with Gasteiger partial charge in [-0.1, -0.05) is 6.92 Å². The van der Waals surface area contributed by atoms with Crippen LogP contribution in [0.4, 0.5) is 13.2 Å². The van der Waals surface area contributed by atoms with Gasteiger partial charge in [0.25, 0.3) is 0 Å². The van der Waals surface area contributed by atoms with E-state index in [-0.39, 0.29) is 34.4 Å². The minimum atomic E-state index is -4.36. The molecule has 6 heteroatoms. The van der Waals surface area contributed by atoms with E-state index in [0.29, 0.717) is 12.4 Å². The van der Waals surface area contributed by atoms with Gasteiger partial charge in [-0.25, -0.2) is 0 Å². The Labute approximate surface area is 108 Å². The molecule has 0 spiro atoms. The van der Waals surface area contributed by atoms with E-state index in [2.05, 4.69) is 0 Å². The second-order valence-corrected chi connectivity index (χ2v) is 4.55. The van der Waals surface area contributed by atoms with E-state index in [1.807, 2.05) is 0 Å². The number of rotatable bonds is 5. The van der Waals surface area contributed by atoms with E-state index in [1.165, 1.54) is 18.2 Å². The van der Waals surface area contributed by atoms with Gasteiger partial charge in [0.05, 0.1) is 12.2 Å². The Morgan fingerprint density at radius 2 is 2.00 bits per heavy atom. The van der Waals surface area contributed by atoms with Gasteiger partial charge in [0, 0.05) is 11.3 Å². The third-order valence-corrected chi connectivity index (χ3v) is 2.83. The van der Waals surface area contributed by atoms with Gasteiger partial charge in [-0.3, -0.25) is 4.79 Å². The molecule has 0 aliphatic rings. The Kier molecular flexibility index (Phi) is 5.07. The van der Waals surface area contributed by atoms with E-state index in [4.69, 9.17) is 4.74 Å². The molecule has 2 nitrogen and oxygen atoms in total. The van der Waals surface area contributed by atoms with Crippen LogP contribution >= 0.6 is 11.8 Å². The highest BCUT2D eigenvalue weighted by Gasteiger charge is 2.29. The molecule has 1 aromatic rings. The fraction of sp³-hybridized carbons (Fsp3) is 0.417. The first-order valence-corrected chi connectivity index (χ1v) is 6.24. The topological polar surface area (TPSA) is 26.3 Å². The molecular formula is C12H13F3O2S. The zero-order valence-electron chi connectivity index (χ0n) is 10.0. The zero-order chi connectivity index (χ0) is 13.8. The minimum absolute atomic E-state index is 0.0113. The molecule has 0 atom stereocenters. The monoisotopic (exact) mass is 278 g/mol. The van der Waals surface area contributed by atoms with E-state index in [0.717, 1.165) is 0 Å². The van der Waals surface area contributed by atoms with Crippen molar-refractivity contribution < 1.29 is 22.7 Å². The Balaban J connectivity index is 3.08. The van der Waals surface area contributed by atoms with Crippen LogP contribution in [0, 0.1) is 0 Å². The van der Waals surface area contributed by atoms with Crippen LogP contribution < -0.4 is 4.74 Å². The van der Waals surface area contributed by atoms with Crippen LogP contribution in [0.2, 0.25) is 0 Å². The van der Waals surface area contributed by atoms with E-state index >= 15 is 0 Å². The largest absolute Gasteiger partial charge is 0.493 e. The smallest absolute Gasteiger partial charge is 0.446 e. The SMILES string of the molecule is CCOc1ccc(SC(F)(F)F)cc1C(=O)CC. The van der Waals surface area contributed by atoms with Crippen LogP contribution in [-0.2, 0) is 0 Å². The summed E-state index contributed by atoms with van der Waals surface area (Å²) in [5, 5.41) is 0. The highest BCUT2D eigenvalue weighted by atomic mass is 32.2. The molecule has 0 aromatic heterocycles. The predicted molar refractivity (Wildman–Crippen MR) is 64.1 cm³/mol. The number of ketones is 1. The molecule has 0 bridgehead atoms. The van der Waals surface area contributed by atoms with Crippen molar-refractivity contribution in [2.75, 3.05) is 6.61 Å². The van der Waals surface area contributed by atoms with Gasteiger partial charge < -0.3 is 4.74 Å². The minimum Gasteiger partial charge on any atom is -0.493 e. The van der Waals surface area contributed by atoms with Crippen molar-refractivity contribution in [3.05, 3.63) is 23.8 Å². The van der Waals surface area contributed by atoms with Crippen molar-refractivity contribution in [1.82, 2.24) is 0 Å². The molecule has 0 saturated heterocycles. The Morgan fingerprint density at radius 3 is 2.50 bits per heavy atom.